The Morgan fingerprint density at radius 2 is 2.03 bits per heavy atom. The number of piperidine rings is 1. The lowest BCUT2D eigenvalue weighted by molar-refractivity contribution is 0.187. The molecule has 4 heterocycles. The van der Waals surface area contributed by atoms with E-state index in [0.29, 0.717) is 26.9 Å². The Labute approximate surface area is 210 Å². The molecule has 6 rings (SSSR count). The predicted molar refractivity (Wildman–Crippen MR) is 135 cm³/mol. The smallest absolute Gasteiger partial charge is 0.206 e. The van der Waals surface area contributed by atoms with Crippen molar-refractivity contribution in [2.75, 3.05) is 23.7 Å². The summed E-state index contributed by atoms with van der Waals surface area (Å²) in [6, 6.07) is 9.88. The van der Waals surface area contributed by atoms with Gasteiger partial charge in [-0.15, -0.1) is 0 Å². The first kappa shape index (κ1) is 22.1. The maximum absolute atomic E-state index is 9.26. The SMILES string of the molecule is N#Cc1ccc2c(c1)[C@H](N)C1(CCN(c3nc4ncc(Sc5ccnc(N)c5Cl)nc4[nH]3)CC1)C2. The third-order valence-corrected chi connectivity index (χ3v) is 8.61. The zero-order valence-corrected chi connectivity index (χ0v) is 20.3. The number of aromatic amines is 1. The van der Waals surface area contributed by atoms with Gasteiger partial charge < -0.3 is 21.4 Å². The molecule has 11 heteroatoms. The molecule has 1 saturated heterocycles. The van der Waals surface area contributed by atoms with Crippen molar-refractivity contribution >= 4 is 46.4 Å². The van der Waals surface area contributed by atoms with Gasteiger partial charge >= 0.3 is 0 Å². The van der Waals surface area contributed by atoms with E-state index >= 15 is 0 Å². The van der Waals surface area contributed by atoms with E-state index in [2.05, 4.69) is 42.0 Å². The number of imidazole rings is 1. The van der Waals surface area contributed by atoms with Crippen molar-refractivity contribution in [1.29, 1.82) is 5.26 Å². The highest BCUT2D eigenvalue weighted by Crippen LogP contribution is 2.51. The molecule has 5 N–H and O–H groups in total. The molecule has 0 amide bonds. The summed E-state index contributed by atoms with van der Waals surface area (Å²) in [7, 11) is 0. The molecule has 9 nitrogen and oxygen atoms in total. The van der Waals surface area contributed by atoms with E-state index in [1.54, 1.807) is 18.5 Å². The zero-order valence-electron chi connectivity index (χ0n) is 18.7. The van der Waals surface area contributed by atoms with E-state index in [9.17, 15) is 5.26 Å². The topological polar surface area (TPSA) is 146 Å². The second-order valence-corrected chi connectivity index (χ2v) is 10.5. The third-order valence-electron chi connectivity index (χ3n) is 7.14. The molecule has 4 aromatic rings. The lowest BCUT2D eigenvalue weighted by Gasteiger charge is -2.42. The number of halogens is 1. The molecule has 1 fully saturated rings. The van der Waals surface area contributed by atoms with Gasteiger partial charge in [0.1, 0.15) is 10.8 Å². The van der Waals surface area contributed by atoms with Crippen LogP contribution in [0.3, 0.4) is 0 Å². The Kier molecular flexibility index (Phi) is 5.29. The van der Waals surface area contributed by atoms with Crippen LogP contribution in [-0.4, -0.2) is 38.0 Å². The fourth-order valence-corrected chi connectivity index (χ4v) is 6.20. The summed E-state index contributed by atoms with van der Waals surface area (Å²) in [6.45, 7) is 1.67. The molecule has 1 aliphatic heterocycles. The highest BCUT2D eigenvalue weighted by molar-refractivity contribution is 7.99. The van der Waals surface area contributed by atoms with Crippen molar-refractivity contribution in [2.45, 2.75) is 35.2 Å². The van der Waals surface area contributed by atoms with Gasteiger partial charge in [0.05, 0.1) is 22.9 Å². The van der Waals surface area contributed by atoms with Gasteiger partial charge in [0.15, 0.2) is 11.3 Å². The van der Waals surface area contributed by atoms with Gasteiger partial charge in [-0.1, -0.05) is 29.4 Å². The van der Waals surface area contributed by atoms with Crippen LogP contribution < -0.4 is 16.4 Å². The minimum absolute atomic E-state index is 0.0187. The number of nitrogens with one attached hydrogen (secondary N) is 1. The molecule has 0 saturated carbocycles. The molecule has 1 atom stereocenters. The lowest BCUT2D eigenvalue weighted by Crippen LogP contribution is -2.44. The number of nitrogen functional groups attached to an aromatic ring is 1. The van der Waals surface area contributed by atoms with E-state index in [4.69, 9.17) is 23.1 Å². The minimum Gasteiger partial charge on any atom is -0.382 e. The summed E-state index contributed by atoms with van der Waals surface area (Å²) in [4.78, 5) is 24.2. The normalized spacial score (nSPS) is 18.7. The average Bonchev–Trinajstić information content (AvgIpc) is 3.41. The largest absolute Gasteiger partial charge is 0.382 e. The monoisotopic (exact) mass is 503 g/mol. The summed E-state index contributed by atoms with van der Waals surface area (Å²) in [5.41, 5.74) is 16.8. The van der Waals surface area contributed by atoms with Crippen molar-refractivity contribution in [3.05, 3.63) is 58.4 Å². The first-order valence-corrected chi connectivity index (χ1v) is 12.5. The van der Waals surface area contributed by atoms with Crippen LogP contribution in [0.5, 0.6) is 0 Å². The Bertz CT molecular complexity index is 1490. The number of pyridine rings is 1. The number of benzene rings is 1. The van der Waals surface area contributed by atoms with Gasteiger partial charge in [-0.2, -0.15) is 10.2 Å². The van der Waals surface area contributed by atoms with E-state index < -0.39 is 0 Å². The third kappa shape index (κ3) is 3.76. The van der Waals surface area contributed by atoms with Gasteiger partial charge in [0.25, 0.3) is 0 Å². The maximum atomic E-state index is 9.26. The summed E-state index contributed by atoms with van der Waals surface area (Å²) < 4.78 is 0. The minimum atomic E-state index is -0.0550. The average molecular weight is 504 g/mol. The van der Waals surface area contributed by atoms with Crippen LogP contribution in [0.2, 0.25) is 5.02 Å². The molecule has 3 aromatic heterocycles. The number of anilines is 2. The molecule has 176 valence electrons. The number of nitrogens with zero attached hydrogens (tertiary/aromatic N) is 6. The molecule has 1 aromatic carbocycles. The second kappa shape index (κ2) is 8.37. The van der Waals surface area contributed by atoms with Crippen LogP contribution in [-0.2, 0) is 6.42 Å². The van der Waals surface area contributed by atoms with Crippen LogP contribution in [0.25, 0.3) is 11.3 Å². The summed E-state index contributed by atoms with van der Waals surface area (Å²) in [5, 5.41) is 10.3. The highest BCUT2D eigenvalue weighted by Gasteiger charge is 2.46. The zero-order chi connectivity index (χ0) is 24.2. The van der Waals surface area contributed by atoms with E-state index in [1.807, 2.05) is 12.1 Å². The van der Waals surface area contributed by atoms with Gasteiger partial charge in [0, 0.05) is 30.2 Å². The highest BCUT2D eigenvalue weighted by atomic mass is 35.5. The molecule has 35 heavy (non-hydrogen) atoms. The van der Waals surface area contributed by atoms with Gasteiger partial charge in [-0.3, -0.25) is 0 Å². The van der Waals surface area contributed by atoms with Crippen LogP contribution >= 0.6 is 23.4 Å². The number of hydrogen-bond acceptors (Lipinski definition) is 9. The number of nitrogens with two attached hydrogens (primary N) is 2. The first-order valence-electron chi connectivity index (χ1n) is 11.3. The number of H-pyrrole nitrogens is 1. The number of rotatable bonds is 3. The van der Waals surface area contributed by atoms with E-state index in [0.717, 1.165) is 48.8 Å². The van der Waals surface area contributed by atoms with Crippen LogP contribution in [0.4, 0.5) is 11.8 Å². The number of nitriles is 1. The fraction of sp³-hybridized carbons (Fsp3) is 0.292. The Hall–Kier alpha value is -3.39. The van der Waals surface area contributed by atoms with Gasteiger partial charge in [-0.25, -0.2) is 15.0 Å². The fourth-order valence-electron chi connectivity index (χ4n) is 5.18. The predicted octanol–water partition coefficient (Wildman–Crippen LogP) is 3.85. The van der Waals surface area contributed by atoms with Gasteiger partial charge in [0.2, 0.25) is 5.95 Å². The van der Waals surface area contributed by atoms with E-state index in [1.165, 1.54) is 17.3 Å². The molecule has 0 bridgehead atoms. The molecule has 0 radical (unpaired) electrons. The Morgan fingerprint density at radius 3 is 2.83 bits per heavy atom. The molecule has 0 unspecified atom stereocenters. The van der Waals surface area contributed by atoms with Crippen molar-refractivity contribution < 1.29 is 0 Å². The number of hydrogen-bond donors (Lipinski definition) is 3. The van der Waals surface area contributed by atoms with Crippen molar-refractivity contribution in [3.8, 4) is 6.07 Å². The van der Waals surface area contributed by atoms with E-state index in [-0.39, 0.29) is 17.3 Å². The Balaban J connectivity index is 1.19. The summed E-state index contributed by atoms with van der Waals surface area (Å²) in [6.07, 6.45) is 6.15. The molecule has 1 spiro atoms. The van der Waals surface area contributed by atoms with Crippen LogP contribution in [0, 0.1) is 16.7 Å². The Morgan fingerprint density at radius 1 is 1.20 bits per heavy atom. The van der Waals surface area contributed by atoms with Crippen LogP contribution in [0.15, 0.2) is 46.6 Å². The molecular formula is C24H22ClN9S. The second-order valence-electron chi connectivity index (χ2n) is 9.08. The molecular weight excluding hydrogens is 482 g/mol. The van der Waals surface area contributed by atoms with Crippen molar-refractivity contribution in [2.24, 2.45) is 11.1 Å². The quantitative estimate of drug-likeness (QED) is 0.379. The lowest BCUT2D eigenvalue weighted by atomic mass is 9.73. The van der Waals surface area contributed by atoms with Crippen molar-refractivity contribution in [1.82, 2.24) is 24.9 Å². The summed E-state index contributed by atoms with van der Waals surface area (Å²) in [5.74, 6) is 1.05. The maximum Gasteiger partial charge on any atom is 0.206 e. The van der Waals surface area contributed by atoms with Crippen molar-refractivity contribution in [3.63, 3.8) is 0 Å². The molecule has 1 aliphatic carbocycles. The van der Waals surface area contributed by atoms with Crippen LogP contribution in [0.1, 0.15) is 35.6 Å². The molecule has 2 aliphatic rings. The number of fused-ring (bicyclic) bond motifs is 2. The standard InChI is InChI=1S/C24H22ClN9S/c25-18-16(3-6-29-20(18)28)35-17-12-30-21-22(31-17)33-23(32-21)34-7-4-24(5-8-34)10-14-2-1-13(11-26)9-15(14)19(24)27/h1-3,6,9,12,19H,4-5,7-8,10,27H2,(H2,28,29)(H,30,31,32,33)/t19-/m0/s1. The van der Waals surface area contributed by atoms with Gasteiger partial charge in [-0.05, 0) is 54.0 Å². The summed E-state index contributed by atoms with van der Waals surface area (Å²) >= 11 is 7.64. The number of aromatic nitrogens is 5. The first-order chi connectivity index (χ1) is 17.0.